The van der Waals surface area contributed by atoms with Crippen LogP contribution in [-0.4, -0.2) is 38.3 Å². The van der Waals surface area contributed by atoms with Crippen LogP contribution >= 0.6 is 0 Å². The van der Waals surface area contributed by atoms with Gasteiger partial charge in [-0.2, -0.15) is 4.31 Å². The summed E-state index contributed by atoms with van der Waals surface area (Å²) in [6, 6.07) is 2.40. The quantitative estimate of drug-likeness (QED) is 0.534. The van der Waals surface area contributed by atoms with Crippen LogP contribution in [0.2, 0.25) is 0 Å². The molecule has 0 atom stereocenters. The Labute approximate surface area is 172 Å². The number of amides is 1. The summed E-state index contributed by atoms with van der Waals surface area (Å²) in [5, 5.41) is 2.94. The average molecular weight is 431 g/mol. The Morgan fingerprint density at radius 2 is 1.69 bits per heavy atom. The molecule has 1 aliphatic rings. The SMILES string of the molecule is CCCCCCCCCNC(=O)C1CCN(S(=O)(=O)c2cc(F)ccc2F)CC1. The summed E-state index contributed by atoms with van der Waals surface area (Å²) in [5.41, 5.74) is 0. The lowest BCUT2D eigenvalue weighted by Gasteiger charge is -2.30. The van der Waals surface area contributed by atoms with E-state index in [9.17, 15) is 22.0 Å². The van der Waals surface area contributed by atoms with Gasteiger partial charge < -0.3 is 5.32 Å². The van der Waals surface area contributed by atoms with E-state index in [-0.39, 0.29) is 24.9 Å². The van der Waals surface area contributed by atoms with Crippen LogP contribution in [0.4, 0.5) is 8.78 Å². The maximum absolute atomic E-state index is 13.9. The van der Waals surface area contributed by atoms with Crippen molar-refractivity contribution in [3.8, 4) is 0 Å². The van der Waals surface area contributed by atoms with Crippen LogP contribution in [0.25, 0.3) is 0 Å². The Hall–Kier alpha value is -1.54. The maximum Gasteiger partial charge on any atom is 0.246 e. The molecule has 0 unspecified atom stereocenters. The van der Waals surface area contributed by atoms with Gasteiger partial charge in [0.2, 0.25) is 15.9 Å². The number of unbranched alkanes of at least 4 members (excludes halogenated alkanes) is 6. The van der Waals surface area contributed by atoms with Gasteiger partial charge in [-0.25, -0.2) is 17.2 Å². The normalized spacial score (nSPS) is 16.1. The van der Waals surface area contributed by atoms with E-state index in [0.29, 0.717) is 25.5 Å². The van der Waals surface area contributed by atoms with Crippen molar-refractivity contribution in [2.24, 2.45) is 5.92 Å². The second-order valence-electron chi connectivity index (χ2n) is 7.67. The highest BCUT2D eigenvalue weighted by atomic mass is 32.2. The standard InChI is InChI=1S/C21H32F2N2O3S/c1-2-3-4-5-6-7-8-13-24-21(26)17-11-14-25(15-12-17)29(27,28)20-16-18(22)9-10-19(20)23/h9-10,16-17H,2-8,11-15H2,1H3,(H,24,26). The second-order valence-corrected chi connectivity index (χ2v) is 9.57. The van der Waals surface area contributed by atoms with Gasteiger partial charge in [0.05, 0.1) is 0 Å². The van der Waals surface area contributed by atoms with Crippen molar-refractivity contribution in [1.29, 1.82) is 0 Å². The molecule has 0 saturated carbocycles. The lowest BCUT2D eigenvalue weighted by molar-refractivity contribution is -0.126. The maximum atomic E-state index is 13.9. The van der Waals surface area contributed by atoms with Crippen molar-refractivity contribution in [2.75, 3.05) is 19.6 Å². The minimum absolute atomic E-state index is 0.0510. The molecule has 1 aliphatic heterocycles. The van der Waals surface area contributed by atoms with Crippen molar-refractivity contribution in [2.45, 2.75) is 69.6 Å². The molecule has 0 bridgehead atoms. The van der Waals surface area contributed by atoms with Crippen LogP contribution in [0.3, 0.4) is 0 Å². The molecule has 1 aromatic rings. The first kappa shape index (κ1) is 23.7. The zero-order valence-electron chi connectivity index (χ0n) is 17.1. The number of rotatable bonds is 11. The lowest BCUT2D eigenvalue weighted by atomic mass is 9.97. The predicted octanol–water partition coefficient (Wildman–Crippen LogP) is 4.23. The molecule has 29 heavy (non-hydrogen) atoms. The summed E-state index contributed by atoms with van der Waals surface area (Å²) in [6.45, 7) is 3.07. The van der Waals surface area contributed by atoms with E-state index >= 15 is 0 Å². The van der Waals surface area contributed by atoms with Crippen molar-refractivity contribution in [3.63, 3.8) is 0 Å². The van der Waals surface area contributed by atoms with E-state index in [1.807, 2.05) is 0 Å². The number of hydrogen-bond acceptors (Lipinski definition) is 3. The van der Waals surface area contributed by atoms with Gasteiger partial charge in [0.15, 0.2) is 0 Å². The average Bonchev–Trinajstić information content (AvgIpc) is 2.71. The third kappa shape index (κ3) is 7.03. The fourth-order valence-electron chi connectivity index (χ4n) is 3.61. The number of piperidine rings is 1. The summed E-state index contributed by atoms with van der Waals surface area (Å²) in [4.78, 5) is 11.7. The highest BCUT2D eigenvalue weighted by Gasteiger charge is 2.33. The third-order valence-electron chi connectivity index (χ3n) is 5.42. The highest BCUT2D eigenvalue weighted by Crippen LogP contribution is 2.26. The van der Waals surface area contributed by atoms with Gasteiger partial charge in [-0.15, -0.1) is 0 Å². The van der Waals surface area contributed by atoms with E-state index in [1.54, 1.807) is 0 Å². The van der Waals surface area contributed by atoms with E-state index in [4.69, 9.17) is 0 Å². The number of benzene rings is 1. The van der Waals surface area contributed by atoms with Gasteiger partial charge >= 0.3 is 0 Å². The molecule has 0 radical (unpaired) electrons. The minimum atomic E-state index is -4.11. The zero-order chi connectivity index (χ0) is 21.3. The zero-order valence-corrected chi connectivity index (χ0v) is 17.9. The molecule has 5 nitrogen and oxygen atoms in total. The van der Waals surface area contributed by atoms with Gasteiger partial charge in [0.1, 0.15) is 16.5 Å². The first-order valence-corrected chi connectivity index (χ1v) is 12.0. The molecule has 1 aromatic carbocycles. The number of carbonyl (C=O) groups excluding carboxylic acids is 1. The molecule has 0 aliphatic carbocycles. The van der Waals surface area contributed by atoms with E-state index < -0.39 is 26.6 Å². The van der Waals surface area contributed by atoms with Crippen LogP contribution in [-0.2, 0) is 14.8 Å². The summed E-state index contributed by atoms with van der Waals surface area (Å²) >= 11 is 0. The summed E-state index contributed by atoms with van der Waals surface area (Å²) < 4.78 is 53.6. The monoisotopic (exact) mass is 430 g/mol. The molecule has 1 fully saturated rings. The number of sulfonamides is 1. The lowest BCUT2D eigenvalue weighted by Crippen LogP contribution is -2.43. The number of carbonyl (C=O) groups is 1. The Morgan fingerprint density at radius 3 is 2.34 bits per heavy atom. The number of halogens is 2. The van der Waals surface area contributed by atoms with Gasteiger partial charge in [0.25, 0.3) is 0 Å². The Morgan fingerprint density at radius 1 is 1.07 bits per heavy atom. The summed E-state index contributed by atoms with van der Waals surface area (Å²) in [7, 11) is -4.11. The molecule has 1 amide bonds. The molecule has 1 N–H and O–H groups in total. The topological polar surface area (TPSA) is 66.5 Å². The Balaban J connectivity index is 1.74. The molecule has 164 valence electrons. The summed E-state index contributed by atoms with van der Waals surface area (Å²) in [6.07, 6.45) is 8.99. The fraction of sp³-hybridized carbons (Fsp3) is 0.667. The first-order valence-electron chi connectivity index (χ1n) is 10.6. The molecule has 1 heterocycles. The number of nitrogens with one attached hydrogen (secondary N) is 1. The van der Waals surface area contributed by atoms with Crippen molar-refractivity contribution in [1.82, 2.24) is 9.62 Å². The van der Waals surface area contributed by atoms with Crippen molar-refractivity contribution in [3.05, 3.63) is 29.8 Å². The second kappa shape index (κ2) is 11.6. The molecule has 8 heteroatoms. The van der Waals surface area contributed by atoms with E-state index in [2.05, 4.69) is 12.2 Å². The van der Waals surface area contributed by atoms with Crippen LogP contribution < -0.4 is 5.32 Å². The molecule has 0 aromatic heterocycles. The van der Waals surface area contributed by atoms with E-state index in [0.717, 1.165) is 29.3 Å². The Bertz CT molecular complexity index is 763. The third-order valence-corrected chi connectivity index (χ3v) is 7.33. The first-order chi connectivity index (χ1) is 13.9. The van der Waals surface area contributed by atoms with Gasteiger partial charge in [0, 0.05) is 25.6 Å². The van der Waals surface area contributed by atoms with Gasteiger partial charge in [-0.1, -0.05) is 45.4 Å². The Kier molecular flexibility index (Phi) is 9.49. The van der Waals surface area contributed by atoms with Gasteiger partial charge in [-0.05, 0) is 37.5 Å². The van der Waals surface area contributed by atoms with Crippen LogP contribution in [0.5, 0.6) is 0 Å². The molecule has 0 spiro atoms. The highest BCUT2D eigenvalue weighted by molar-refractivity contribution is 7.89. The minimum Gasteiger partial charge on any atom is -0.356 e. The molecular weight excluding hydrogens is 398 g/mol. The fourth-order valence-corrected chi connectivity index (χ4v) is 5.16. The molecule has 1 saturated heterocycles. The molecular formula is C21H32F2N2O3S. The largest absolute Gasteiger partial charge is 0.356 e. The number of nitrogens with zero attached hydrogens (tertiary/aromatic N) is 1. The van der Waals surface area contributed by atoms with Crippen LogP contribution in [0, 0.1) is 17.6 Å². The van der Waals surface area contributed by atoms with Crippen molar-refractivity contribution < 1.29 is 22.0 Å². The predicted molar refractivity (Wildman–Crippen MR) is 109 cm³/mol. The summed E-state index contributed by atoms with van der Waals surface area (Å²) in [5.74, 6) is -2.07. The van der Waals surface area contributed by atoms with E-state index in [1.165, 1.54) is 32.1 Å². The van der Waals surface area contributed by atoms with Crippen LogP contribution in [0.1, 0.15) is 64.7 Å². The number of hydrogen-bond donors (Lipinski definition) is 1. The van der Waals surface area contributed by atoms with Gasteiger partial charge in [-0.3, -0.25) is 4.79 Å². The molecule has 2 rings (SSSR count). The van der Waals surface area contributed by atoms with Crippen molar-refractivity contribution >= 4 is 15.9 Å². The van der Waals surface area contributed by atoms with Crippen LogP contribution in [0.15, 0.2) is 23.1 Å². The smallest absolute Gasteiger partial charge is 0.246 e.